The molecule has 1 aromatic carbocycles. The number of ether oxygens (including phenoxy) is 1. The Hall–Kier alpha value is -2.58. The van der Waals surface area contributed by atoms with Crippen LogP contribution in [0.4, 0.5) is 13.2 Å². The molecule has 0 fully saturated rings. The monoisotopic (exact) mass is 328 g/mol. The van der Waals surface area contributed by atoms with Gasteiger partial charge in [-0.1, -0.05) is 12.1 Å². The molecule has 1 aromatic heterocycles. The number of carbonyl (C=O) groups excluding carboxylic acids is 1. The van der Waals surface area contributed by atoms with Gasteiger partial charge in [0.2, 0.25) is 0 Å². The van der Waals surface area contributed by atoms with E-state index in [0.717, 1.165) is 6.07 Å². The summed E-state index contributed by atoms with van der Waals surface area (Å²) in [6.45, 7) is 1.48. The minimum absolute atomic E-state index is 0.101. The maximum atomic E-state index is 12.9. The Balaban J connectivity index is 2.00. The van der Waals surface area contributed by atoms with Crippen molar-refractivity contribution in [1.82, 2.24) is 20.1 Å². The summed E-state index contributed by atoms with van der Waals surface area (Å²) in [5.41, 5.74) is -0.923. The lowest BCUT2D eigenvalue weighted by molar-refractivity contribution is -0.140. The molecule has 0 aliphatic heterocycles. The Morgan fingerprint density at radius 3 is 2.70 bits per heavy atom. The van der Waals surface area contributed by atoms with Crippen LogP contribution in [0.5, 0.6) is 5.75 Å². The van der Waals surface area contributed by atoms with E-state index in [2.05, 4.69) is 15.5 Å². The number of amides is 1. The number of aromatic nitrogens is 3. The predicted octanol–water partition coefficient (Wildman–Crippen LogP) is 1.92. The van der Waals surface area contributed by atoms with Gasteiger partial charge in [0.15, 0.2) is 11.9 Å². The molecule has 6 nitrogen and oxygen atoms in total. The Morgan fingerprint density at radius 2 is 2.09 bits per heavy atom. The van der Waals surface area contributed by atoms with Gasteiger partial charge in [-0.25, -0.2) is 0 Å². The molecule has 0 aliphatic carbocycles. The standard InChI is InChI=1S/C14H15F3N4O2/c1-9(13(22)18-7-12-20-19-8-21(12)2)23-11-6-4-3-5-10(11)14(15,16)17/h3-6,8-9H,7H2,1-2H3,(H,18,22). The number of hydrogen-bond donors (Lipinski definition) is 1. The van der Waals surface area contributed by atoms with Gasteiger partial charge in [0.05, 0.1) is 12.1 Å². The fraction of sp³-hybridized carbons (Fsp3) is 0.357. The maximum absolute atomic E-state index is 12.9. The van der Waals surface area contributed by atoms with Gasteiger partial charge in [0.25, 0.3) is 5.91 Å². The summed E-state index contributed by atoms with van der Waals surface area (Å²) in [6, 6.07) is 4.75. The van der Waals surface area contributed by atoms with Crippen LogP contribution in [0.15, 0.2) is 30.6 Å². The first-order valence-electron chi connectivity index (χ1n) is 6.72. The molecule has 1 atom stereocenters. The second-order valence-electron chi connectivity index (χ2n) is 4.83. The molecule has 1 amide bonds. The van der Waals surface area contributed by atoms with E-state index >= 15 is 0 Å². The highest BCUT2D eigenvalue weighted by Crippen LogP contribution is 2.36. The van der Waals surface area contributed by atoms with Gasteiger partial charge in [-0.15, -0.1) is 10.2 Å². The molecular weight excluding hydrogens is 313 g/mol. The van der Waals surface area contributed by atoms with Crippen LogP contribution in [0.1, 0.15) is 18.3 Å². The Labute approximate surface area is 130 Å². The van der Waals surface area contributed by atoms with Crippen LogP contribution in [0.3, 0.4) is 0 Å². The number of hydrogen-bond acceptors (Lipinski definition) is 4. The number of nitrogens with one attached hydrogen (secondary N) is 1. The topological polar surface area (TPSA) is 69.0 Å². The molecule has 1 N–H and O–H groups in total. The van der Waals surface area contributed by atoms with Gasteiger partial charge in [-0.3, -0.25) is 4.79 Å². The smallest absolute Gasteiger partial charge is 0.419 e. The molecule has 0 saturated heterocycles. The molecule has 9 heteroatoms. The zero-order valence-corrected chi connectivity index (χ0v) is 12.5. The van der Waals surface area contributed by atoms with Crippen molar-refractivity contribution in [1.29, 1.82) is 0 Å². The predicted molar refractivity (Wildman–Crippen MR) is 74.4 cm³/mol. The number of rotatable bonds is 5. The van der Waals surface area contributed by atoms with Gasteiger partial charge in [-0.05, 0) is 19.1 Å². The van der Waals surface area contributed by atoms with Crippen molar-refractivity contribution in [3.8, 4) is 5.75 Å². The highest BCUT2D eigenvalue weighted by atomic mass is 19.4. The van der Waals surface area contributed by atoms with Gasteiger partial charge >= 0.3 is 6.18 Å². The summed E-state index contributed by atoms with van der Waals surface area (Å²) in [5, 5.41) is 9.98. The lowest BCUT2D eigenvalue weighted by atomic mass is 10.2. The van der Waals surface area contributed by atoms with Crippen LogP contribution in [0, 0.1) is 0 Å². The van der Waals surface area contributed by atoms with E-state index in [9.17, 15) is 18.0 Å². The summed E-state index contributed by atoms with van der Waals surface area (Å²) >= 11 is 0. The number of halogens is 3. The molecule has 0 saturated carbocycles. The average molecular weight is 328 g/mol. The Morgan fingerprint density at radius 1 is 1.39 bits per heavy atom. The molecule has 2 aromatic rings. The minimum Gasteiger partial charge on any atom is -0.480 e. The van der Waals surface area contributed by atoms with E-state index in [1.54, 1.807) is 11.6 Å². The number of para-hydroxylation sites is 1. The minimum atomic E-state index is -4.55. The number of benzene rings is 1. The van der Waals surface area contributed by atoms with Crippen molar-refractivity contribution in [2.75, 3.05) is 0 Å². The molecule has 0 spiro atoms. The summed E-state index contributed by atoms with van der Waals surface area (Å²) in [7, 11) is 1.71. The van der Waals surface area contributed by atoms with Gasteiger partial charge in [0, 0.05) is 7.05 Å². The summed E-state index contributed by atoms with van der Waals surface area (Å²) in [6.07, 6.45) is -4.17. The van der Waals surface area contributed by atoms with Gasteiger partial charge in [-0.2, -0.15) is 13.2 Å². The van der Waals surface area contributed by atoms with Crippen LogP contribution >= 0.6 is 0 Å². The normalized spacial score (nSPS) is 12.7. The largest absolute Gasteiger partial charge is 0.480 e. The van der Waals surface area contributed by atoms with E-state index < -0.39 is 23.8 Å². The van der Waals surface area contributed by atoms with E-state index in [1.165, 1.54) is 31.5 Å². The van der Waals surface area contributed by atoms with E-state index in [1.807, 2.05) is 0 Å². The van der Waals surface area contributed by atoms with Crippen LogP contribution in [-0.2, 0) is 24.6 Å². The molecule has 2 rings (SSSR count). The third-order valence-electron chi connectivity index (χ3n) is 3.09. The van der Waals surface area contributed by atoms with Crippen molar-refractivity contribution in [3.05, 3.63) is 42.0 Å². The molecule has 1 heterocycles. The van der Waals surface area contributed by atoms with Gasteiger partial charge < -0.3 is 14.6 Å². The molecule has 0 aliphatic rings. The van der Waals surface area contributed by atoms with E-state index in [0.29, 0.717) is 5.82 Å². The lowest BCUT2D eigenvalue weighted by Crippen LogP contribution is -2.36. The second kappa shape index (κ2) is 6.67. The first kappa shape index (κ1) is 16.8. The van der Waals surface area contributed by atoms with Crippen molar-refractivity contribution in [3.63, 3.8) is 0 Å². The van der Waals surface area contributed by atoms with E-state index in [-0.39, 0.29) is 12.3 Å². The quantitative estimate of drug-likeness (QED) is 0.910. The highest BCUT2D eigenvalue weighted by molar-refractivity contribution is 5.80. The number of aryl methyl sites for hydroxylation is 1. The number of nitrogens with zero attached hydrogens (tertiary/aromatic N) is 3. The SMILES string of the molecule is CC(Oc1ccccc1C(F)(F)F)C(=O)NCc1nncn1C. The van der Waals surface area contributed by atoms with Crippen LogP contribution in [0.25, 0.3) is 0 Å². The fourth-order valence-corrected chi connectivity index (χ4v) is 1.82. The van der Waals surface area contributed by atoms with E-state index in [4.69, 9.17) is 4.74 Å². The number of carbonyl (C=O) groups is 1. The first-order chi connectivity index (χ1) is 10.8. The highest BCUT2D eigenvalue weighted by Gasteiger charge is 2.34. The second-order valence-corrected chi connectivity index (χ2v) is 4.83. The Bertz CT molecular complexity index is 685. The third kappa shape index (κ3) is 4.21. The zero-order chi connectivity index (χ0) is 17.0. The van der Waals surface area contributed by atoms with Crippen LogP contribution < -0.4 is 10.1 Å². The van der Waals surface area contributed by atoms with Crippen molar-refractivity contribution in [2.45, 2.75) is 25.7 Å². The fourth-order valence-electron chi connectivity index (χ4n) is 1.82. The molecule has 23 heavy (non-hydrogen) atoms. The zero-order valence-electron chi connectivity index (χ0n) is 12.5. The summed E-state index contributed by atoms with van der Waals surface area (Å²) in [4.78, 5) is 11.9. The first-order valence-corrected chi connectivity index (χ1v) is 6.72. The molecule has 0 bridgehead atoms. The van der Waals surface area contributed by atoms with Crippen LogP contribution in [0.2, 0.25) is 0 Å². The average Bonchev–Trinajstić information content (AvgIpc) is 2.89. The molecule has 124 valence electrons. The van der Waals surface area contributed by atoms with Gasteiger partial charge in [0.1, 0.15) is 12.1 Å². The third-order valence-corrected chi connectivity index (χ3v) is 3.09. The number of alkyl halides is 3. The molecular formula is C14H15F3N4O2. The summed E-state index contributed by atoms with van der Waals surface area (Å²) in [5.74, 6) is -0.424. The van der Waals surface area contributed by atoms with Crippen molar-refractivity contribution >= 4 is 5.91 Å². The van der Waals surface area contributed by atoms with Crippen molar-refractivity contribution in [2.24, 2.45) is 7.05 Å². The van der Waals surface area contributed by atoms with Crippen molar-refractivity contribution < 1.29 is 22.7 Å². The molecule has 0 radical (unpaired) electrons. The maximum Gasteiger partial charge on any atom is 0.419 e. The Kier molecular flexibility index (Phi) is 4.87. The lowest BCUT2D eigenvalue weighted by Gasteiger charge is -2.18. The molecule has 1 unspecified atom stereocenters. The summed E-state index contributed by atoms with van der Waals surface area (Å²) < 4.78 is 45.4. The van der Waals surface area contributed by atoms with Crippen LogP contribution in [-0.4, -0.2) is 26.8 Å².